The van der Waals surface area contributed by atoms with Gasteiger partial charge in [0.25, 0.3) is 0 Å². The van der Waals surface area contributed by atoms with Gasteiger partial charge in [-0.3, -0.25) is 0 Å². The molecule has 0 atom stereocenters. The monoisotopic (exact) mass is 269 g/mol. The van der Waals surface area contributed by atoms with Crippen LogP contribution in [0.3, 0.4) is 0 Å². The molecule has 0 spiro atoms. The van der Waals surface area contributed by atoms with Crippen molar-refractivity contribution in [1.82, 2.24) is 9.97 Å². The average Bonchev–Trinajstić information content (AvgIpc) is 2.49. The number of rotatable bonds is 6. The molecule has 0 saturated carbocycles. The van der Waals surface area contributed by atoms with Crippen LogP contribution in [0.25, 0.3) is 0 Å². The molecule has 0 bridgehead atoms. The average molecular weight is 269 g/mol. The van der Waals surface area contributed by atoms with Crippen LogP contribution in [0, 0.1) is 11.3 Å². The number of nitrogens with zero attached hydrogens (tertiary/aromatic N) is 3. The molecule has 2 aromatic rings. The van der Waals surface area contributed by atoms with Gasteiger partial charge in [-0.15, -0.1) is 0 Å². The van der Waals surface area contributed by atoms with Gasteiger partial charge in [0.2, 0.25) is 0 Å². The molecule has 0 saturated heterocycles. The maximum atomic E-state index is 8.74. The van der Waals surface area contributed by atoms with E-state index in [9.17, 15) is 0 Å². The summed E-state index contributed by atoms with van der Waals surface area (Å²) in [6.07, 6.45) is 2.13. The molecule has 0 radical (unpaired) electrons. The number of hydrogen-bond donors (Lipinski definition) is 3. The third-order valence-electron chi connectivity index (χ3n) is 2.59. The third kappa shape index (κ3) is 3.93. The van der Waals surface area contributed by atoms with Crippen LogP contribution in [0.4, 0.5) is 17.3 Å². The second-order valence-corrected chi connectivity index (χ2v) is 4.11. The van der Waals surface area contributed by atoms with Gasteiger partial charge in [0.05, 0.1) is 11.6 Å². The minimum absolute atomic E-state index is 0.147. The summed E-state index contributed by atoms with van der Waals surface area (Å²) in [7, 11) is 0. The molecule has 1 aromatic carbocycles. The van der Waals surface area contributed by atoms with Crippen molar-refractivity contribution in [2.75, 3.05) is 23.8 Å². The number of nitriles is 1. The van der Waals surface area contributed by atoms with E-state index in [-0.39, 0.29) is 6.61 Å². The van der Waals surface area contributed by atoms with Crippen molar-refractivity contribution in [3.8, 4) is 6.07 Å². The van der Waals surface area contributed by atoms with Gasteiger partial charge in [0.15, 0.2) is 0 Å². The highest BCUT2D eigenvalue weighted by Crippen LogP contribution is 2.16. The summed E-state index contributed by atoms with van der Waals surface area (Å²) in [5, 5.41) is 23.7. The minimum Gasteiger partial charge on any atom is -0.396 e. The first-order valence-electron chi connectivity index (χ1n) is 6.26. The van der Waals surface area contributed by atoms with Crippen molar-refractivity contribution in [2.45, 2.75) is 6.42 Å². The highest BCUT2D eigenvalue weighted by molar-refractivity contribution is 5.59. The summed E-state index contributed by atoms with van der Waals surface area (Å²) in [5.41, 5.74) is 1.47. The molecule has 2 rings (SSSR count). The van der Waals surface area contributed by atoms with Gasteiger partial charge in [-0.05, 0) is 30.7 Å². The van der Waals surface area contributed by atoms with Gasteiger partial charge in [-0.1, -0.05) is 0 Å². The first-order chi connectivity index (χ1) is 9.81. The van der Waals surface area contributed by atoms with E-state index in [0.717, 1.165) is 5.69 Å². The van der Waals surface area contributed by atoms with E-state index in [1.165, 1.54) is 6.33 Å². The fourth-order valence-electron chi connectivity index (χ4n) is 1.59. The van der Waals surface area contributed by atoms with Gasteiger partial charge in [0.1, 0.15) is 18.0 Å². The second-order valence-electron chi connectivity index (χ2n) is 4.11. The summed E-state index contributed by atoms with van der Waals surface area (Å²) < 4.78 is 0. The van der Waals surface area contributed by atoms with Crippen LogP contribution in [0.1, 0.15) is 12.0 Å². The Morgan fingerprint density at radius 2 is 1.90 bits per heavy atom. The Kier molecular flexibility index (Phi) is 4.87. The van der Waals surface area contributed by atoms with E-state index in [1.807, 2.05) is 12.1 Å². The maximum Gasteiger partial charge on any atom is 0.135 e. The molecule has 0 unspecified atom stereocenters. The summed E-state index contributed by atoms with van der Waals surface area (Å²) in [5.74, 6) is 1.36. The van der Waals surface area contributed by atoms with Crippen molar-refractivity contribution >= 4 is 17.3 Å². The second kappa shape index (κ2) is 7.07. The smallest absolute Gasteiger partial charge is 0.135 e. The predicted octanol–water partition coefficient (Wildman–Crippen LogP) is 1.89. The fourth-order valence-corrected chi connectivity index (χ4v) is 1.59. The Labute approximate surface area is 117 Å². The standard InChI is InChI=1S/C14H15N5O/c15-9-11-2-4-12(5-3-11)19-14-8-13(17-10-18-14)16-6-1-7-20/h2-5,8,10,20H,1,6-7H2,(H2,16,17,18,19). The highest BCUT2D eigenvalue weighted by Gasteiger charge is 1.99. The molecule has 0 aliphatic carbocycles. The number of aromatic nitrogens is 2. The van der Waals surface area contributed by atoms with E-state index >= 15 is 0 Å². The third-order valence-corrected chi connectivity index (χ3v) is 2.59. The number of aliphatic hydroxyl groups is 1. The Balaban J connectivity index is 2.01. The van der Waals surface area contributed by atoms with Gasteiger partial charge >= 0.3 is 0 Å². The fraction of sp³-hybridized carbons (Fsp3) is 0.214. The summed E-state index contributed by atoms with van der Waals surface area (Å²) in [4.78, 5) is 8.22. The Morgan fingerprint density at radius 1 is 1.15 bits per heavy atom. The molecule has 102 valence electrons. The SMILES string of the molecule is N#Cc1ccc(Nc2cc(NCCCO)ncn2)cc1. The molecule has 0 aliphatic heterocycles. The normalized spacial score (nSPS) is 9.80. The molecule has 6 heteroatoms. The molecular weight excluding hydrogens is 254 g/mol. The van der Waals surface area contributed by atoms with Crippen LogP contribution in [-0.4, -0.2) is 28.2 Å². The van der Waals surface area contributed by atoms with Gasteiger partial charge < -0.3 is 15.7 Å². The molecule has 20 heavy (non-hydrogen) atoms. The largest absolute Gasteiger partial charge is 0.396 e. The van der Waals surface area contributed by atoms with Crippen LogP contribution in [-0.2, 0) is 0 Å². The molecule has 3 N–H and O–H groups in total. The molecule has 0 fully saturated rings. The number of aliphatic hydroxyl groups excluding tert-OH is 1. The first-order valence-corrected chi connectivity index (χ1v) is 6.26. The zero-order valence-electron chi connectivity index (χ0n) is 10.9. The Bertz CT molecular complexity index is 591. The quantitative estimate of drug-likeness (QED) is 0.693. The zero-order chi connectivity index (χ0) is 14.2. The number of hydrogen-bond acceptors (Lipinski definition) is 6. The summed E-state index contributed by atoms with van der Waals surface area (Å²) in [6, 6.07) is 11.0. The van der Waals surface area contributed by atoms with Crippen molar-refractivity contribution in [2.24, 2.45) is 0 Å². The zero-order valence-corrected chi connectivity index (χ0v) is 10.9. The molecule has 1 aromatic heterocycles. The van der Waals surface area contributed by atoms with Gasteiger partial charge in [0, 0.05) is 24.9 Å². The molecule has 6 nitrogen and oxygen atoms in total. The van der Waals surface area contributed by atoms with E-state index < -0.39 is 0 Å². The van der Waals surface area contributed by atoms with Gasteiger partial charge in [-0.25, -0.2) is 9.97 Å². The van der Waals surface area contributed by atoms with E-state index in [4.69, 9.17) is 10.4 Å². The lowest BCUT2D eigenvalue weighted by molar-refractivity contribution is 0.292. The lowest BCUT2D eigenvalue weighted by Gasteiger charge is -2.08. The molecular formula is C14H15N5O. The summed E-state index contributed by atoms with van der Waals surface area (Å²) in [6.45, 7) is 0.804. The van der Waals surface area contributed by atoms with Crippen molar-refractivity contribution in [3.63, 3.8) is 0 Å². The number of nitrogens with one attached hydrogen (secondary N) is 2. The predicted molar refractivity (Wildman–Crippen MR) is 76.7 cm³/mol. The van der Waals surface area contributed by atoms with Crippen LogP contribution >= 0.6 is 0 Å². The number of benzene rings is 1. The van der Waals surface area contributed by atoms with Crippen LogP contribution in [0.2, 0.25) is 0 Å². The number of anilines is 3. The molecule has 1 heterocycles. The summed E-state index contributed by atoms with van der Waals surface area (Å²) >= 11 is 0. The molecule has 0 aliphatic rings. The van der Waals surface area contributed by atoms with E-state index in [0.29, 0.717) is 30.2 Å². The minimum atomic E-state index is 0.147. The lowest BCUT2D eigenvalue weighted by atomic mass is 10.2. The lowest BCUT2D eigenvalue weighted by Crippen LogP contribution is -2.06. The van der Waals surface area contributed by atoms with Crippen LogP contribution in [0.5, 0.6) is 0 Å². The van der Waals surface area contributed by atoms with Crippen LogP contribution in [0.15, 0.2) is 36.7 Å². The topological polar surface area (TPSA) is 93.9 Å². The first kappa shape index (κ1) is 13.8. The van der Waals surface area contributed by atoms with Crippen LogP contribution < -0.4 is 10.6 Å². The van der Waals surface area contributed by atoms with Crippen molar-refractivity contribution < 1.29 is 5.11 Å². The van der Waals surface area contributed by atoms with Gasteiger partial charge in [-0.2, -0.15) is 5.26 Å². The van der Waals surface area contributed by atoms with E-state index in [2.05, 4.69) is 26.7 Å². The van der Waals surface area contributed by atoms with E-state index in [1.54, 1.807) is 18.2 Å². The van der Waals surface area contributed by atoms with Crippen molar-refractivity contribution in [3.05, 3.63) is 42.2 Å². The highest BCUT2D eigenvalue weighted by atomic mass is 16.3. The molecule has 0 amide bonds. The van der Waals surface area contributed by atoms with Crippen molar-refractivity contribution in [1.29, 1.82) is 5.26 Å². The maximum absolute atomic E-state index is 8.74. The Hall–Kier alpha value is -2.65. The Morgan fingerprint density at radius 3 is 2.60 bits per heavy atom.